The van der Waals surface area contributed by atoms with E-state index in [-0.39, 0.29) is 17.4 Å². The summed E-state index contributed by atoms with van der Waals surface area (Å²) in [4.78, 5) is 11.8. The highest BCUT2D eigenvalue weighted by Crippen LogP contribution is 2.12. The molecule has 0 bridgehead atoms. The number of aromatic amines is 1. The minimum absolute atomic E-state index is 0.0277. The fraction of sp³-hybridized carbons (Fsp3) is 0.400. The van der Waals surface area contributed by atoms with E-state index in [9.17, 15) is 9.00 Å². The Bertz CT molecular complexity index is 364. The molecular formula is C5H8N4O4S. The van der Waals surface area contributed by atoms with Gasteiger partial charge in [0.15, 0.2) is 16.9 Å². The number of nitrogens with zero attached hydrogens (tertiary/aromatic N) is 3. The van der Waals surface area contributed by atoms with Gasteiger partial charge in [0.05, 0.1) is 0 Å². The topological polar surface area (TPSA) is 119 Å². The molecule has 14 heavy (non-hydrogen) atoms. The maximum atomic E-state index is 10.6. The van der Waals surface area contributed by atoms with Crippen molar-refractivity contribution in [3.05, 3.63) is 5.69 Å². The van der Waals surface area contributed by atoms with Crippen molar-refractivity contribution in [3.63, 3.8) is 0 Å². The van der Waals surface area contributed by atoms with Gasteiger partial charge in [0.2, 0.25) is 5.69 Å². The lowest BCUT2D eigenvalue weighted by Crippen LogP contribution is -2.24. The molecule has 0 aromatic carbocycles. The van der Waals surface area contributed by atoms with E-state index >= 15 is 0 Å². The van der Waals surface area contributed by atoms with E-state index in [2.05, 4.69) is 15.4 Å². The standard InChI is InChI=1S/C5H8N4O4S/c1-9(2-14(12)13)4-3(5(10)11)6-8-7-4/h2H2,1H3,(H,10,11)(H,12,13)(H,6,7,8). The second-order valence-electron chi connectivity index (χ2n) is 2.45. The SMILES string of the molecule is CN(CS(=O)O)c1n[nH]nc1C(=O)O. The van der Waals surface area contributed by atoms with Gasteiger partial charge in [-0.05, 0) is 0 Å². The number of H-pyrrole nitrogens is 1. The molecule has 0 aliphatic heterocycles. The van der Waals surface area contributed by atoms with E-state index in [1.54, 1.807) is 0 Å². The van der Waals surface area contributed by atoms with E-state index in [1.165, 1.54) is 11.9 Å². The summed E-state index contributed by atoms with van der Waals surface area (Å²) < 4.78 is 19.0. The Kier molecular flexibility index (Phi) is 3.14. The van der Waals surface area contributed by atoms with Gasteiger partial charge in [-0.2, -0.15) is 5.21 Å². The van der Waals surface area contributed by atoms with Crippen LogP contribution in [0.4, 0.5) is 5.82 Å². The van der Waals surface area contributed by atoms with E-state index in [0.29, 0.717) is 0 Å². The van der Waals surface area contributed by atoms with Gasteiger partial charge in [0, 0.05) is 7.05 Å². The Morgan fingerprint density at radius 3 is 2.79 bits per heavy atom. The summed E-state index contributed by atoms with van der Waals surface area (Å²) in [7, 11) is 1.44. The molecule has 0 spiro atoms. The van der Waals surface area contributed by atoms with Gasteiger partial charge in [-0.1, -0.05) is 0 Å². The van der Waals surface area contributed by atoms with Crippen molar-refractivity contribution in [2.45, 2.75) is 0 Å². The van der Waals surface area contributed by atoms with Gasteiger partial charge in [0.25, 0.3) is 0 Å². The number of carboxylic acids is 1. The minimum atomic E-state index is -2.05. The van der Waals surface area contributed by atoms with Crippen LogP contribution in [0.3, 0.4) is 0 Å². The van der Waals surface area contributed by atoms with Crippen molar-refractivity contribution >= 4 is 22.9 Å². The van der Waals surface area contributed by atoms with Crippen LogP contribution in [-0.2, 0) is 11.1 Å². The summed E-state index contributed by atoms with van der Waals surface area (Å²) in [5.74, 6) is -1.45. The molecule has 0 aliphatic rings. The molecule has 78 valence electrons. The molecular weight excluding hydrogens is 212 g/mol. The second kappa shape index (κ2) is 4.15. The summed E-state index contributed by atoms with van der Waals surface area (Å²) >= 11 is -2.05. The first kappa shape index (κ1) is 10.6. The highest BCUT2D eigenvalue weighted by atomic mass is 32.2. The predicted octanol–water partition coefficient (Wildman–Crippen LogP) is -0.882. The zero-order chi connectivity index (χ0) is 10.7. The van der Waals surface area contributed by atoms with Crippen LogP contribution in [0.1, 0.15) is 10.5 Å². The molecule has 0 saturated carbocycles. The number of hydrogen-bond acceptors (Lipinski definition) is 5. The van der Waals surface area contributed by atoms with Crippen molar-refractivity contribution in [2.75, 3.05) is 17.8 Å². The number of carboxylic acid groups (broad SMARTS) is 1. The molecule has 0 amide bonds. The molecule has 8 nitrogen and oxygen atoms in total. The molecule has 3 N–H and O–H groups in total. The second-order valence-corrected chi connectivity index (χ2v) is 3.35. The Labute approximate surface area is 81.2 Å². The number of hydrogen-bond donors (Lipinski definition) is 3. The predicted molar refractivity (Wildman–Crippen MR) is 47.4 cm³/mol. The largest absolute Gasteiger partial charge is 0.476 e. The summed E-state index contributed by atoms with van der Waals surface area (Å²) in [5.41, 5.74) is -0.280. The van der Waals surface area contributed by atoms with Crippen LogP contribution in [0.15, 0.2) is 0 Å². The molecule has 0 fully saturated rings. The van der Waals surface area contributed by atoms with Gasteiger partial charge in [0.1, 0.15) is 5.88 Å². The lowest BCUT2D eigenvalue weighted by molar-refractivity contribution is 0.0691. The van der Waals surface area contributed by atoms with Gasteiger partial charge < -0.3 is 14.6 Å². The monoisotopic (exact) mass is 220 g/mol. The van der Waals surface area contributed by atoms with Crippen molar-refractivity contribution < 1.29 is 18.7 Å². The maximum Gasteiger partial charge on any atom is 0.360 e. The zero-order valence-electron chi connectivity index (χ0n) is 7.17. The van der Waals surface area contributed by atoms with Crippen LogP contribution >= 0.6 is 0 Å². The van der Waals surface area contributed by atoms with Crippen LogP contribution in [0.5, 0.6) is 0 Å². The number of aromatic nitrogens is 3. The molecule has 1 heterocycles. The number of nitrogens with one attached hydrogen (secondary N) is 1. The van der Waals surface area contributed by atoms with Crippen LogP contribution in [-0.4, -0.2) is 48.2 Å². The smallest absolute Gasteiger partial charge is 0.360 e. The van der Waals surface area contributed by atoms with Gasteiger partial charge in [-0.3, -0.25) is 0 Å². The zero-order valence-corrected chi connectivity index (χ0v) is 7.98. The van der Waals surface area contributed by atoms with Crippen LogP contribution in [0.2, 0.25) is 0 Å². The summed E-state index contributed by atoms with van der Waals surface area (Å²) in [6.45, 7) is 0. The lowest BCUT2D eigenvalue weighted by Gasteiger charge is -2.12. The van der Waals surface area contributed by atoms with Crippen molar-refractivity contribution in [1.29, 1.82) is 0 Å². The molecule has 0 aliphatic carbocycles. The van der Waals surface area contributed by atoms with E-state index in [1.807, 2.05) is 0 Å². The van der Waals surface area contributed by atoms with Gasteiger partial charge in [-0.25, -0.2) is 9.00 Å². The van der Waals surface area contributed by atoms with Crippen LogP contribution in [0, 0.1) is 0 Å². The summed E-state index contributed by atoms with van der Waals surface area (Å²) in [5, 5.41) is 17.7. The van der Waals surface area contributed by atoms with Crippen molar-refractivity contribution in [1.82, 2.24) is 15.4 Å². The van der Waals surface area contributed by atoms with E-state index in [4.69, 9.17) is 9.66 Å². The number of carbonyl (C=O) groups is 1. The first-order valence-electron chi connectivity index (χ1n) is 3.45. The van der Waals surface area contributed by atoms with E-state index in [0.717, 1.165) is 0 Å². The Hall–Kier alpha value is -1.48. The summed E-state index contributed by atoms with van der Waals surface area (Å²) in [6.07, 6.45) is 0. The van der Waals surface area contributed by atoms with Crippen LogP contribution in [0.25, 0.3) is 0 Å². The molecule has 9 heteroatoms. The fourth-order valence-electron chi connectivity index (χ4n) is 0.862. The van der Waals surface area contributed by atoms with Crippen molar-refractivity contribution in [2.24, 2.45) is 0 Å². The quantitative estimate of drug-likeness (QED) is 0.563. The highest BCUT2D eigenvalue weighted by molar-refractivity contribution is 7.79. The third-order valence-corrected chi connectivity index (χ3v) is 2.01. The first-order valence-corrected chi connectivity index (χ1v) is 4.72. The van der Waals surface area contributed by atoms with Crippen molar-refractivity contribution in [3.8, 4) is 0 Å². The molecule has 1 atom stereocenters. The lowest BCUT2D eigenvalue weighted by atomic mass is 10.4. The third-order valence-electron chi connectivity index (χ3n) is 1.40. The third kappa shape index (κ3) is 2.26. The molecule has 0 saturated heterocycles. The highest BCUT2D eigenvalue weighted by Gasteiger charge is 2.19. The van der Waals surface area contributed by atoms with Crippen LogP contribution < -0.4 is 4.90 Å². The number of anilines is 1. The molecule has 1 aromatic rings. The van der Waals surface area contributed by atoms with Gasteiger partial charge >= 0.3 is 5.97 Å². The Morgan fingerprint density at radius 1 is 1.64 bits per heavy atom. The summed E-state index contributed by atoms with van der Waals surface area (Å²) in [6, 6.07) is 0. The molecule has 1 rings (SSSR count). The molecule has 1 unspecified atom stereocenters. The average molecular weight is 220 g/mol. The van der Waals surface area contributed by atoms with E-state index < -0.39 is 17.0 Å². The maximum absolute atomic E-state index is 10.6. The first-order chi connectivity index (χ1) is 6.52. The number of aromatic carboxylic acids is 1. The number of rotatable bonds is 4. The molecule has 0 radical (unpaired) electrons. The minimum Gasteiger partial charge on any atom is -0.476 e. The fourth-order valence-corrected chi connectivity index (χ4v) is 1.32. The normalized spacial score (nSPS) is 12.4. The Morgan fingerprint density at radius 2 is 2.29 bits per heavy atom. The molecule has 1 aromatic heterocycles. The Balaban J connectivity index is 2.89. The van der Waals surface area contributed by atoms with Gasteiger partial charge in [-0.15, -0.1) is 10.2 Å². The average Bonchev–Trinajstić information content (AvgIpc) is 2.49.